The second-order valence-electron chi connectivity index (χ2n) is 6.53. The van der Waals surface area contributed by atoms with Gasteiger partial charge in [-0.2, -0.15) is 0 Å². The molecule has 7 nitrogen and oxygen atoms in total. The fourth-order valence-electron chi connectivity index (χ4n) is 2.76. The topological polar surface area (TPSA) is 98.5 Å². The van der Waals surface area contributed by atoms with E-state index in [-0.39, 0.29) is 12.4 Å². The molecule has 1 heterocycles. The van der Waals surface area contributed by atoms with Crippen LogP contribution < -0.4 is 5.32 Å². The van der Waals surface area contributed by atoms with Crippen molar-refractivity contribution in [3.8, 4) is 0 Å². The van der Waals surface area contributed by atoms with Crippen LogP contribution in [0.4, 0.5) is 5.82 Å². The fourth-order valence-corrected chi connectivity index (χ4v) is 4.85. The lowest BCUT2D eigenvalue weighted by atomic mass is 10.2. The van der Waals surface area contributed by atoms with Crippen LogP contribution in [-0.4, -0.2) is 43.2 Å². The summed E-state index contributed by atoms with van der Waals surface area (Å²) in [5.74, 6) is -0.0860. The molecule has 1 saturated carbocycles. The van der Waals surface area contributed by atoms with Crippen LogP contribution in [0.2, 0.25) is 0 Å². The normalized spacial score (nSPS) is 16.3. The highest BCUT2D eigenvalue weighted by Crippen LogP contribution is 2.33. The van der Waals surface area contributed by atoms with Gasteiger partial charge in [-0.1, -0.05) is 24.6 Å². The van der Waals surface area contributed by atoms with Crippen LogP contribution in [0.1, 0.15) is 45.3 Å². The number of methoxy groups -OCH3 is 1. The number of hydrogen-bond donors (Lipinski definition) is 1. The Hall–Kier alpha value is -1.67. The van der Waals surface area contributed by atoms with Crippen molar-refractivity contribution in [3.05, 3.63) is 18.4 Å². The van der Waals surface area contributed by atoms with Crippen LogP contribution in [0.25, 0.3) is 5.57 Å². The van der Waals surface area contributed by atoms with Crippen LogP contribution in [0.3, 0.4) is 0 Å². The zero-order valence-electron chi connectivity index (χ0n) is 14.3. The first kappa shape index (κ1) is 18.7. The van der Waals surface area contributed by atoms with Gasteiger partial charge >= 0.3 is 0 Å². The van der Waals surface area contributed by atoms with Crippen LogP contribution in [-0.2, 0) is 19.4 Å². The van der Waals surface area contributed by atoms with E-state index in [0.717, 1.165) is 12.8 Å². The molecule has 1 aliphatic rings. The Kier molecular flexibility index (Phi) is 5.49. The summed E-state index contributed by atoms with van der Waals surface area (Å²) in [4.78, 5) is 12.5. The average molecular weight is 356 g/mol. The molecule has 0 bridgehead atoms. The van der Waals surface area contributed by atoms with Gasteiger partial charge in [0.15, 0.2) is 21.4 Å². The van der Waals surface area contributed by atoms with Crippen molar-refractivity contribution in [3.63, 3.8) is 0 Å². The number of ether oxygens (including phenoxy) is 1. The van der Waals surface area contributed by atoms with Crippen LogP contribution >= 0.6 is 0 Å². The third kappa shape index (κ3) is 3.54. The number of amides is 1. The van der Waals surface area contributed by atoms with Gasteiger partial charge in [-0.05, 0) is 26.7 Å². The highest BCUT2D eigenvalue weighted by atomic mass is 32.2. The van der Waals surface area contributed by atoms with Gasteiger partial charge in [-0.15, -0.1) is 0 Å². The average Bonchev–Trinajstić information content (AvgIpc) is 3.18. The molecule has 1 N–H and O–H groups in total. The predicted molar refractivity (Wildman–Crippen MR) is 91.3 cm³/mol. The molecule has 0 atom stereocenters. The number of sulfone groups is 1. The second-order valence-corrected chi connectivity index (χ2v) is 9.31. The molecular formula is C16H24N2O5S. The summed E-state index contributed by atoms with van der Waals surface area (Å²) in [6.45, 7) is 6.91. The molecule has 1 amide bonds. The Balaban J connectivity index is 2.12. The van der Waals surface area contributed by atoms with Gasteiger partial charge in [0.25, 0.3) is 0 Å². The van der Waals surface area contributed by atoms with Gasteiger partial charge in [0.05, 0.1) is 11.9 Å². The first-order valence-corrected chi connectivity index (χ1v) is 9.43. The summed E-state index contributed by atoms with van der Waals surface area (Å²) >= 11 is 0. The molecule has 134 valence electrons. The van der Waals surface area contributed by atoms with E-state index in [1.165, 1.54) is 27.0 Å². The molecule has 24 heavy (non-hydrogen) atoms. The largest absolute Gasteiger partial charge is 0.380 e. The van der Waals surface area contributed by atoms with E-state index >= 15 is 0 Å². The van der Waals surface area contributed by atoms with E-state index in [4.69, 9.17) is 9.26 Å². The zero-order chi connectivity index (χ0) is 18.0. The highest BCUT2D eigenvalue weighted by molar-refractivity contribution is 7.94. The molecule has 1 aromatic rings. The number of nitrogens with one attached hydrogen (secondary N) is 1. The van der Waals surface area contributed by atoms with Gasteiger partial charge in [-0.3, -0.25) is 4.79 Å². The van der Waals surface area contributed by atoms with Crippen molar-refractivity contribution in [1.82, 2.24) is 5.16 Å². The highest BCUT2D eigenvalue weighted by Gasteiger charge is 2.47. The first-order valence-electron chi connectivity index (χ1n) is 7.89. The fraction of sp³-hybridized carbons (Fsp3) is 0.625. The zero-order valence-corrected chi connectivity index (χ0v) is 15.1. The molecule has 0 unspecified atom stereocenters. The quantitative estimate of drug-likeness (QED) is 0.805. The number of carbonyl (C=O) groups excluding carboxylic acids is 1. The summed E-state index contributed by atoms with van der Waals surface area (Å²) in [6.07, 6.45) is 3.00. The Morgan fingerprint density at radius 1 is 1.46 bits per heavy atom. The van der Waals surface area contributed by atoms with E-state index in [9.17, 15) is 13.2 Å². The summed E-state index contributed by atoms with van der Waals surface area (Å²) < 4.78 is 34.0. The maximum atomic E-state index is 12.7. The van der Waals surface area contributed by atoms with Crippen molar-refractivity contribution in [2.75, 3.05) is 19.0 Å². The van der Waals surface area contributed by atoms with E-state index in [2.05, 4.69) is 17.1 Å². The smallest absolute Gasteiger partial charge is 0.246 e. The first-order chi connectivity index (χ1) is 11.2. The molecule has 1 aromatic heterocycles. The molecule has 8 heteroatoms. The number of hydrogen-bond acceptors (Lipinski definition) is 6. The monoisotopic (exact) mass is 356 g/mol. The minimum atomic E-state index is -3.58. The van der Waals surface area contributed by atoms with Gasteiger partial charge in [0.2, 0.25) is 5.91 Å². The molecule has 0 radical (unpaired) electrons. The van der Waals surface area contributed by atoms with Crippen LogP contribution in [0.5, 0.6) is 0 Å². The van der Waals surface area contributed by atoms with Crippen molar-refractivity contribution in [2.24, 2.45) is 0 Å². The van der Waals surface area contributed by atoms with Gasteiger partial charge < -0.3 is 14.6 Å². The number of aromatic nitrogens is 1. The molecule has 1 aliphatic carbocycles. The third-order valence-corrected chi connectivity index (χ3v) is 7.37. The number of nitrogens with zero attached hydrogens (tertiary/aromatic N) is 1. The Morgan fingerprint density at radius 2 is 2.08 bits per heavy atom. The Bertz CT molecular complexity index is 715. The number of rotatable bonds is 7. The SMILES string of the molecule is C=C(COC)c1cc(NC(=O)C(C)(C)S(=O)(=O)C2CCCC2)no1. The summed E-state index contributed by atoms with van der Waals surface area (Å²) in [5.41, 5.74) is 0.573. The molecule has 0 spiro atoms. The second kappa shape index (κ2) is 7.06. The van der Waals surface area contributed by atoms with E-state index in [1.54, 1.807) is 0 Å². The van der Waals surface area contributed by atoms with Gasteiger partial charge in [-0.25, -0.2) is 8.42 Å². The van der Waals surface area contributed by atoms with Gasteiger partial charge in [0.1, 0.15) is 4.75 Å². The lowest BCUT2D eigenvalue weighted by molar-refractivity contribution is -0.117. The summed E-state index contributed by atoms with van der Waals surface area (Å²) in [5, 5.41) is 5.81. The number of anilines is 1. The Morgan fingerprint density at radius 3 is 2.67 bits per heavy atom. The van der Waals surface area contributed by atoms with Crippen LogP contribution in [0.15, 0.2) is 17.2 Å². The lowest BCUT2D eigenvalue weighted by Gasteiger charge is -2.26. The predicted octanol–water partition coefficient (Wildman–Crippen LogP) is 2.41. The standard InChI is InChI=1S/C16H24N2O5S/c1-11(10-22-4)13-9-14(18-23-13)17-15(19)16(2,3)24(20,21)12-7-5-6-8-12/h9,12H,1,5-8,10H2,2-4H3,(H,17,18,19). The maximum Gasteiger partial charge on any atom is 0.246 e. The molecule has 1 fully saturated rings. The maximum absolute atomic E-state index is 12.7. The molecule has 2 rings (SSSR count). The molecule has 0 aliphatic heterocycles. The third-order valence-electron chi connectivity index (χ3n) is 4.42. The van der Waals surface area contributed by atoms with Crippen molar-refractivity contribution < 1.29 is 22.5 Å². The van der Waals surface area contributed by atoms with Gasteiger partial charge in [0, 0.05) is 18.7 Å². The van der Waals surface area contributed by atoms with Crippen molar-refractivity contribution in [2.45, 2.75) is 49.5 Å². The van der Waals surface area contributed by atoms with Crippen molar-refractivity contribution in [1.29, 1.82) is 0 Å². The number of carbonyl (C=O) groups is 1. The van der Waals surface area contributed by atoms with Crippen LogP contribution in [0, 0.1) is 0 Å². The molecule has 0 aromatic carbocycles. The summed E-state index contributed by atoms with van der Waals surface area (Å²) in [6, 6.07) is 1.50. The molecule has 0 saturated heterocycles. The Labute approximate surface area is 142 Å². The minimum Gasteiger partial charge on any atom is -0.380 e. The lowest BCUT2D eigenvalue weighted by Crippen LogP contribution is -2.48. The van der Waals surface area contributed by atoms with E-state index in [0.29, 0.717) is 24.2 Å². The van der Waals surface area contributed by atoms with Crippen molar-refractivity contribution >= 4 is 27.1 Å². The van der Waals surface area contributed by atoms with E-state index < -0.39 is 25.7 Å². The van der Waals surface area contributed by atoms with E-state index in [1.807, 2.05) is 0 Å². The molecular weight excluding hydrogens is 332 g/mol. The minimum absolute atomic E-state index is 0.155. The summed E-state index contributed by atoms with van der Waals surface area (Å²) in [7, 11) is -2.06.